The summed E-state index contributed by atoms with van der Waals surface area (Å²) in [5, 5.41) is 5.31. The summed E-state index contributed by atoms with van der Waals surface area (Å²) in [6.07, 6.45) is 1.52. The molecule has 0 aliphatic heterocycles. The molecule has 0 aliphatic rings. The summed E-state index contributed by atoms with van der Waals surface area (Å²) in [4.78, 5) is 36.4. The third kappa shape index (κ3) is 5.07. The summed E-state index contributed by atoms with van der Waals surface area (Å²) < 4.78 is 10.2. The Kier molecular flexibility index (Phi) is 6.20. The highest BCUT2D eigenvalue weighted by atomic mass is 16.5. The molecule has 1 aromatic heterocycles. The van der Waals surface area contributed by atoms with E-state index in [4.69, 9.17) is 9.15 Å². The predicted molar refractivity (Wildman–Crippen MR) is 102 cm³/mol. The molecule has 1 heterocycles. The standard InChI is InChI=1S/C21H18N2O5/c24-19(14-28-21(26)15-7-2-1-3-8-15)23-18-11-5-4-10-17(18)20(25)22-13-16-9-6-12-27-16/h1-12H,13-14H2,(H,22,25)(H,23,24). The van der Waals surface area contributed by atoms with Crippen molar-refractivity contribution in [2.24, 2.45) is 0 Å². The maximum Gasteiger partial charge on any atom is 0.338 e. The van der Waals surface area contributed by atoms with E-state index in [1.54, 1.807) is 66.7 Å². The van der Waals surface area contributed by atoms with E-state index in [-0.39, 0.29) is 18.0 Å². The highest BCUT2D eigenvalue weighted by molar-refractivity contribution is 6.04. The van der Waals surface area contributed by atoms with Gasteiger partial charge in [-0.25, -0.2) is 4.79 Å². The molecular formula is C21H18N2O5. The zero-order chi connectivity index (χ0) is 19.8. The zero-order valence-corrected chi connectivity index (χ0v) is 14.9. The molecule has 0 radical (unpaired) electrons. The van der Waals surface area contributed by atoms with E-state index in [2.05, 4.69) is 10.6 Å². The van der Waals surface area contributed by atoms with Gasteiger partial charge in [0.1, 0.15) is 5.76 Å². The zero-order valence-electron chi connectivity index (χ0n) is 14.9. The van der Waals surface area contributed by atoms with Crippen molar-refractivity contribution in [3.63, 3.8) is 0 Å². The quantitative estimate of drug-likeness (QED) is 0.616. The summed E-state index contributed by atoms with van der Waals surface area (Å²) in [6, 6.07) is 18.4. The van der Waals surface area contributed by atoms with Gasteiger partial charge in [0.05, 0.1) is 29.6 Å². The van der Waals surface area contributed by atoms with Crippen LogP contribution in [0, 0.1) is 0 Å². The Hall–Kier alpha value is -3.87. The average Bonchev–Trinajstić information content (AvgIpc) is 3.25. The summed E-state index contributed by atoms with van der Waals surface area (Å²) in [5.74, 6) is -0.896. The molecule has 2 N–H and O–H groups in total. The Labute approximate surface area is 161 Å². The lowest BCUT2D eigenvalue weighted by molar-refractivity contribution is -0.119. The highest BCUT2D eigenvalue weighted by Crippen LogP contribution is 2.15. The number of para-hydroxylation sites is 1. The van der Waals surface area contributed by atoms with Crippen LogP contribution in [0.4, 0.5) is 5.69 Å². The van der Waals surface area contributed by atoms with Gasteiger partial charge in [-0.15, -0.1) is 0 Å². The van der Waals surface area contributed by atoms with Crippen LogP contribution in [0.15, 0.2) is 77.4 Å². The fourth-order valence-corrected chi connectivity index (χ4v) is 2.44. The Morgan fingerprint density at radius 2 is 1.64 bits per heavy atom. The first-order valence-corrected chi connectivity index (χ1v) is 8.55. The van der Waals surface area contributed by atoms with Crippen molar-refractivity contribution in [3.8, 4) is 0 Å². The fourth-order valence-electron chi connectivity index (χ4n) is 2.44. The van der Waals surface area contributed by atoms with Crippen molar-refractivity contribution in [1.82, 2.24) is 5.32 Å². The maximum atomic E-state index is 12.4. The van der Waals surface area contributed by atoms with Gasteiger partial charge in [0.25, 0.3) is 11.8 Å². The van der Waals surface area contributed by atoms with E-state index in [0.717, 1.165) is 0 Å². The Bertz CT molecular complexity index is 952. The maximum absolute atomic E-state index is 12.4. The summed E-state index contributed by atoms with van der Waals surface area (Å²) in [5.41, 5.74) is 0.963. The van der Waals surface area contributed by atoms with Gasteiger partial charge in [-0.3, -0.25) is 9.59 Å². The molecule has 28 heavy (non-hydrogen) atoms. The molecule has 0 atom stereocenters. The van der Waals surface area contributed by atoms with Gasteiger partial charge in [-0.05, 0) is 36.4 Å². The van der Waals surface area contributed by atoms with Crippen LogP contribution in [0.2, 0.25) is 0 Å². The molecule has 0 fully saturated rings. The van der Waals surface area contributed by atoms with Gasteiger partial charge in [0.15, 0.2) is 6.61 Å². The van der Waals surface area contributed by atoms with Crippen LogP contribution in [0.5, 0.6) is 0 Å². The van der Waals surface area contributed by atoms with Crippen LogP contribution in [0.25, 0.3) is 0 Å². The molecule has 0 saturated heterocycles. The van der Waals surface area contributed by atoms with E-state index in [1.165, 1.54) is 6.26 Å². The number of anilines is 1. The summed E-state index contributed by atoms with van der Waals surface area (Å²) in [7, 11) is 0. The Morgan fingerprint density at radius 1 is 0.893 bits per heavy atom. The van der Waals surface area contributed by atoms with Gasteiger partial charge in [0.2, 0.25) is 0 Å². The van der Waals surface area contributed by atoms with Crippen molar-refractivity contribution in [2.75, 3.05) is 11.9 Å². The van der Waals surface area contributed by atoms with E-state index >= 15 is 0 Å². The van der Waals surface area contributed by atoms with E-state index in [0.29, 0.717) is 17.0 Å². The highest BCUT2D eigenvalue weighted by Gasteiger charge is 2.15. The number of furan rings is 1. The molecule has 2 aromatic carbocycles. The molecule has 142 valence electrons. The summed E-state index contributed by atoms with van der Waals surface area (Å²) >= 11 is 0. The Balaban J connectivity index is 1.57. The van der Waals surface area contributed by atoms with E-state index < -0.39 is 18.5 Å². The van der Waals surface area contributed by atoms with Crippen LogP contribution in [-0.2, 0) is 16.1 Å². The number of rotatable bonds is 7. The molecule has 0 spiro atoms. The number of esters is 1. The van der Waals surface area contributed by atoms with Crippen LogP contribution >= 0.6 is 0 Å². The smallest absolute Gasteiger partial charge is 0.338 e. The molecule has 0 bridgehead atoms. The van der Waals surface area contributed by atoms with Crippen molar-refractivity contribution >= 4 is 23.5 Å². The van der Waals surface area contributed by atoms with Crippen LogP contribution in [-0.4, -0.2) is 24.4 Å². The monoisotopic (exact) mass is 378 g/mol. The number of nitrogens with one attached hydrogen (secondary N) is 2. The lowest BCUT2D eigenvalue weighted by atomic mass is 10.1. The Morgan fingerprint density at radius 3 is 2.39 bits per heavy atom. The van der Waals surface area contributed by atoms with E-state index in [9.17, 15) is 14.4 Å². The number of carbonyl (C=O) groups is 3. The summed E-state index contributed by atoms with van der Waals surface area (Å²) in [6.45, 7) is -0.237. The number of ether oxygens (including phenoxy) is 1. The molecule has 7 nitrogen and oxygen atoms in total. The average molecular weight is 378 g/mol. The largest absolute Gasteiger partial charge is 0.467 e. The molecule has 0 aliphatic carbocycles. The molecule has 7 heteroatoms. The first kappa shape index (κ1) is 18.9. The minimum absolute atomic E-state index is 0.225. The van der Waals surface area contributed by atoms with Crippen LogP contribution < -0.4 is 10.6 Å². The SMILES string of the molecule is O=C(COC(=O)c1ccccc1)Nc1ccccc1C(=O)NCc1ccco1. The second-order valence-corrected chi connectivity index (χ2v) is 5.80. The number of benzene rings is 2. The second-order valence-electron chi connectivity index (χ2n) is 5.80. The van der Waals surface area contributed by atoms with Crippen molar-refractivity contribution in [3.05, 3.63) is 89.9 Å². The van der Waals surface area contributed by atoms with Gasteiger partial charge < -0.3 is 19.8 Å². The molecule has 0 unspecified atom stereocenters. The molecule has 3 rings (SSSR count). The van der Waals surface area contributed by atoms with Gasteiger partial charge >= 0.3 is 5.97 Å². The third-order valence-electron chi connectivity index (χ3n) is 3.79. The number of hydrogen-bond donors (Lipinski definition) is 2. The minimum atomic E-state index is -0.597. The first-order valence-electron chi connectivity index (χ1n) is 8.55. The number of amides is 2. The van der Waals surface area contributed by atoms with Gasteiger partial charge in [-0.2, -0.15) is 0 Å². The van der Waals surface area contributed by atoms with Gasteiger partial charge in [0, 0.05) is 0 Å². The lowest BCUT2D eigenvalue weighted by Gasteiger charge is -2.11. The molecule has 0 saturated carbocycles. The van der Waals surface area contributed by atoms with E-state index in [1.807, 2.05) is 0 Å². The van der Waals surface area contributed by atoms with Crippen molar-refractivity contribution in [2.45, 2.75) is 6.54 Å². The normalized spacial score (nSPS) is 10.1. The van der Waals surface area contributed by atoms with Crippen molar-refractivity contribution in [1.29, 1.82) is 0 Å². The van der Waals surface area contributed by atoms with Gasteiger partial charge in [-0.1, -0.05) is 30.3 Å². The topological polar surface area (TPSA) is 97.6 Å². The minimum Gasteiger partial charge on any atom is -0.467 e. The van der Waals surface area contributed by atoms with Crippen molar-refractivity contribution < 1.29 is 23.5 Å². The number of carbonyl (C=O) groups excluding carboxylic acids is 3. The second kappa shape index (κ2) is 9.18. The van der Waals surface area contributed by atoms with Crippen LogP contribution in [0.3, 0.4) is 0 Å². The number of hydrogen-bond acceptors (Lipinski definition) is 5. The predicted octanol–water partition coefficient (Wildman–Crippen LogP) is 3.01. The first-order chi connectivity index (χ1) is 13.6. The fraction of sp³-hybridized carbons (Fsp3) is 0.0952. The lowest BCUT2D eigenvalue weighted by Crippen LogP contribution is -2.26. The molecular weight excluding hydrogens is 360 g/mol. The molecule has 2 amide bonds. The third-order valence-corrected chi connectivity index (χ3v) is 3.79. The molecule has 3 aromatic rings. The van der Waals surface area contributed by atoms with Crippen LogP contribution in [0.1, 0.15) is 26.5 Å².